The second-order valence-corrected chi connectivity index (χ2v) is 9.56. The first-order chi connectivity index (χ1) is 13.0. The molecule has 2 aromatic carbocycles. The maximum atomic E-state index is 15.1. The molecule has 6 heteroatoms. The fraction of sp³-hybridized carbons (Fsp3) is 0.409. The summed E-state index contributed by atoms with van der Waals surface area (Å²) in [7, 11) is 0. The van der Waals surface area contributed by atoms with Crippen molar-refractivity contribution in [2.75, 3.05) is 6.54 Å². The first-order valence-corrected chi connectivity index (χ1v) is 9.97. The number of nitrogens with one attached hydrogen (secondary N) is 1. The molecule has 0 unspecified atom stereocenters. The Balaban J connectivity index is 2.27. The molecule has 0 radical (unpaired) electrons. The Morgan fingerprint density at radius 1 is 1.21 bits per heavy atom. The van der Waals surface area contributed by atoms with Crippen LogP contribution >= 0.6 is 23.2 Å². The highest BCUT2D eigenvalue weighted by atomic mass is 35.5. The average Bonchev–Trinajstić information content (AvgIpc) is 2.96. The fourth-order valence-corrected chi connectivity index (χ4v) is 4.90. The van der Waals surface area contributed by atoms with Gasteiger partial charge in [-0.1, -0.05) is 68.2 Å². The number of hydrogen-bond donors (Lipinski definition) is 2. The van der Waals surface area contributed by atoms with E-state index in [0.717, 1.165) is 5.56 Å². The van der Waals surface area contributed by atoms with Gasteiger partial charge in [-0.3, -0.25) is 4.79 Å². The van der Waals surface area contributed by atoms with Gasteiger partial charge in [-0.25, -0.2) is 4.39 Å². The number of halogens is 3. The van der Waals surface area contributed by atoms with E-state index in [1.807, 2.05) is 12.1 Å². The lowest BCUT2D eigenvalue weighted by atomic mass is 9.61. The Bertz CT molecular complexity index is 879. The van der Waals surface area contributed by atoms with Crippen LogP contribution in [0.15, 0.2) is 42.5 Å². The zero-order valence-electron chi connectivity index (χ0n) is 16.1. The Labute approximate surface area is 174 Å². The maximum absolute atomic E-state index is 15.1. The number of hydrogen-bond acceptors (Lipinski definition) is 2. The lowest BCUT2D eigenvalue weighted by molar-refractivity contribution is -0.139. The molecule has 0 bridgehead atoms. The van der Waals surface area contributed by atoms with Gasteiger partial charge in [-0.2, -0.15) is 0 Å². The van der Waals surface area contributed by atoms with Crippen molar-refractivity contribution in [1.29, 1.82) is 0 Å². The number of carbonyl (C=O) groups is 1. The second-order valence-electron chi connectivity index (χ2n) is 8.72. The molecule has 3 rings (SSSR count). The van der Waals surface area contributed by atoms with Crippen molar-refractivity contribution in [1.82, 2.24) is 5.32 Å². The minimum Gasteiger partial charge on any atom is -0.480 e. The van der Waals surface area contributed by atoms with Gasteiger partial charge in [0.25, 0.3) is 0 Å². The highest BCUT2D eigenvalue weighted by Crippen LogP contribution is 2.52. The van der Waals surface area contributed by atoms with E-state index in [1.165, 1.54) is 6.07 Å². The lowest BCUT2D eigenvalue weighted by Crippen LogP contribution is -2.41. The smallest absolute Gasteiger partial charge is 0.321 e. The SMILES string of the molecule is CC(C)(C)C[C@@]1(c2ccc(Cl)cc2)CN[C@@H](C(=O)O)[C@@H]1c1cccc(Cl)c1F. The Kier molecular flexibility index (Phi) is 5.77. The first kappa shape index (κ1) is 21.1. The zero-order valence-corrected chi connectivity index (χ0v) is 17.6. The molecular formula is C22H24Cl2FNO2. The largest absolute Gasteiger partial charge is 0.480 e. The van der Waals surface area contributed by atoms with Gasteiger partial charge in [0.05, 0.1) is 5.02 Å². The molecule has 1 saturated heterocycles. The van der Waals surface area contributed by atoms with Gasteiger partial charge in [-0.05, 0) is 41.2 Å². The molecule has 2 N–H and O–H groups in total. The van der Waals surface area contributed by atoms with E-state index >= 15 is 4.39 Å². The minimum absolute atomic E-state index is 0.00527. The first-order valence-electron chi connectivity index (χ1n) is 9.21. The van der Waals surface area contributed by atoms with Crippen LogP contribution in [0.5, 0.6) is 0 Å². The van der Waals surface area contributed by atoms with Crippen LogP contribution in [0, 0.1) is 11.2 Å². The molecule has 1 aliphatic heterocycles. The van der Waals surface area contributed by atoms with Crippen molar-refractivity contribution >= 4 is 29.2 Å². The quantitative estimate of drug-likeness (QED) is 0.667. The van der Waals surface area contributed by atoms with Crippen LogP contribution in [-0.2, 0) is 10.2 Å². The van der Waals surface area contributed by atoms with E-state index in [1.54, 1.807) is 24.3 Å². The predicted molar refractivity (Wildman–Crippen MR) is 111 cm³/mol. The number of aliphatic carboxylic acids is 1. The molecule has 3 nitrogen and oxygen atoms in total. The van der Waals surface area contributed by atoms with Crippen molar-refractivity contribution < 1.29 is 14.3 Å². The maximum Gasteiger partial charge on any atom is 0.321 e. The molecular weight excluding hydrogens is 400 g/mol. The highest BCUT2D eigenvalue weighted by Gasteiger charge is 2.54. The Hall–Kier alpha value is -1.62. The summed E-state index contributed by atoms with van der Waals surface area (Å²) >= 11 is 12.1. The molecule has 2 aromatic rings. The lowest BCUT2D eigenvalue weighted by Gasteiger charge is -2.41. The van der Waals surface area contributed by atoms with Gasteiger partial charge in [-0.15, -0.1) is 0 Å². The second kappa shape index (κ2) is 7.66. The molecule has 3 atom stereocenters. The van der Waals surface area contributed by atoms with Crippen LogP contribution in [0.2, 0.25) is 10.0 Å². The summed E-state index contributed by atoms with van der Waals surface area (Å²) in [6.07, 6.45) is 0.662. The molecule has 1 fully saturated rings. The topological polar surface area (TPSA) is 49.3 Å². The monoisotopic (exact) mass is 423 g/mol. The third kappa shape index (κ3) is 3.91. The fourth-order valence-electron chi connectivity index (χ4n) is 4.59. The number of benzene rings is 2. The summed E-state index contributed by atoms with van der Waals surface area (Å²) in [6.45, 7) is 6.72. The number of rotatable bonds is 4. The summed E-state index contributed by atoms with van der Waals surface area (Å²) in [6, 6.07) is 11.3. The van der Waals surface area contributed by atoms with Gasteiger partial charge < -0.3 is 10.4 Å². The Morgan fingerprint density at radius 3 is 2.43 bits per heavy atom. The molecule has 0 amide bonds. The molecule has 0 saturated carbocycles. The summed E-state index contributed by atoms with van der Waals surface area (Å²) in [5.41, 5.74) is 0.510. The van der Waals surface area contributed by atoms with Crippen LogP contribution < -0.4 is 5.32 Å². The van der Waals surface area contributed by atoms with Crippen LogP contribution in [0.4, 0.5) is 4.39 Å². The van der Waals surface area contributed by atoms with Crippen molar-refractivity contribution in [3.63, 3.8) is 0 Å². The van der Waals surface area contributed by atoms with E-state index in [-0.39, 0.29) is 10.4 Å². The van der Waals surface area contributed by atoms with Crippen LogP contribution in [0.3, 0.4) is 0 Å². The van der Waals surface area contributed by atoms with Gasteiger partial charge in [0, 0.05) is 22.9 Å². The highest BCUT2D eigenvalue weighted by molar-refractivity contribution is 6.31. The third-order valence-electron chi connectivity index (χ3n) is 5.41. The van der Waals surface area contributed by atoms with E-state index in [0.29, 0.717) is 23.6 Å². The third-order valence-corrected chi connectivity index (χ3v) is 5.96. The molecule has 1 heterocycles. The molecule has 0 aliphatic carbocycles. The predicted octanol–water partition coefficient (Wildman–Crippen LogP) is 5.65. The number of carboxylic acid groups (broad SMARTS) is 1. The van der Waals surface area contributed by atoms with Gasteiger partial charge in [0.15, 0.2) is 0 Å². The van der Waals surface area contributed by atoms with E-state index in [9.17, 15) is 9.90 Å². The standard InChI is InChI=1S/C22H24Cl2FNO2/c1-21(2,3)11-22(13-7-9-14(23)10-8-13)12-26-19(20(27)28)17(22)15-5-4-6-16(24)18(15)25/h4-10,17,19,26H,11-12H2,1-3H3,(H,27,28)/t17-,19+,22-/m0/s1. The van der Waals surface area contributed by atoms with Gasteiger partial charge in [0.1, 0.15) is 11.9 Å². The molecule has 28 heavy (non-hydrogen) atoms. The molecule has 0 spiro atoms. The van der Waals surface area contributed by atoms with Crippen LogP contribution in [0.1, 0.15) is 44.2 Å². The van der Waals surface area contributed by atoms with Crippen molar-refractivity contribution in [2.45, 2.75) is 44.6 Å². The van der Waals surface area contributed by atoms with E-state index in [2.05, 4.69) is 26.1 Å². The van der Waals surface area contributed by atoms with Crippen molar-refractivity contribution in [2.24, 2.45) is 5.41 Å². The number of carboxylic acids is 1. The molecule has 1 aliphatic rings. The Morgan fingerprint density at radius 2 is 1.86 bits per heavy atom. The average molecular weight is 424 g/mol. The van der Waals surface area contributed by atoms with E-state index in [4.69, 9.17) is 23.2 Å². The van der Waals surface area contributed by atoms with Crippen LogP contribution in [-0.4, -0.2) is 23.7 Å². The van der Waals surface area contributed by atoms with E-state index < -0.39 is 29.2 Å². The summed E-state index contributed by atoms with van der Waals surface area (Å²) in [5.74, 6) is -2.19. The summed E-state index contributed by atoms with van der Waals surface area (Å²) in [4.78, 5) is 12.1. The molecule has 0 aromatic heterocycles. The summed E-state index contributed by atoms with van der Waals surface area (Å²) < 4.78 is 15.1. The summed E-state index contributed by atoms with van der Waals surface area (Å²) in [5, 5.41) is 13.6. The van der Waals surface area contributed by atoms with Crippen molar-refractivity contribution in [3.8, 4) is 0 Å². The van der Waals surface area contributed by atoms with Gasteiger partial charge >= 0.3 is 5.97 Å². The zero-order chi connectivity index (χ0) is 20.7. The minimum atomic E-state index is -1.01. The van der Waals surface area contributed by atoms with Gasteiger partial charge in [0.2, 0.25) is 0 Å². The molecule has 150 valence electrons. The van der Waals surface area contributed by atoms with Crippen molar-refractivity contribution in [3.05, 3.63) is 69.5 Å². The van der Waals surface area contributed by atoms with Crippen LogP contribution in [0.25, 0.3) is 0 Å². The normalized spacial score (nSPS) is 25.1.